The van der Waals surface area contributed by atoms with Gasteiger partial charge >= 0.3 is 0 Å². The molecule has 0 spiro atoms. The van der Waals surface area contributed by atoms with Gasteiger partial charge in [-0.3, -0.25) is 4.90 Å². The van der Waals surface area contributed by atoms with Crippen molar-refractivity contribution < 1.29 is 4.74 Å². The molecule has 16 heavy (non-hydrogen) atoms. The summed E-state index contributed by atoms with van der Waals surface area (Å²) in [7, 11) is 1.74. The molecule has 1 N–H and O–H groups in total. The van der Waals surface area contributed by atoms with Gasteiger partial charge in [0, 0.05) is 37.8 Å². The van der Waals surface area contributed by atoms with Crippen LogP contribution >= 0.6 is 0 Å². The molecule has 3 nitrogen and oxygen atoms in total. The minimum absolute atomic E-state index is 0.587. The fraction of sp³-hybridized carbons (Fsp3) is 0.538. The van der Waals surface area contributed by atoms with E-state index in [2.05, 4.69) is 29.3 Å². The van der Waals surface area contributed by atoms with Crippen LogP contribution in [0.25, 0.3) is 0 Å². The molecule has 1 saturated heterocycles. The fourth-order valence-corrected chi connectivity index (χ4v) is 2.23. The minimum Gasteiger partial charge on any atom is -0.496 e. The number of hydrogen-bond acceptors (Lipinski definition) is 3. The summed E-state index contributed by atoms with van der Waals surface area (Å²) in [6.07, 6.45) is 0. The maximum Gasteiger partial charge on any atom is 0.123 e. The average Bonchev–Trinajstić information content (AvgIpc) is 2.30. The first-order valence-electron chi connectivity index (χ1n) is 5.87. The van der Waals surface area contributed by atoms with E-state index in [4.69, 9.17) is 4.74 Å². The molecular weight excluding hydrogens is 200 g/mol. The molecule has 1 aliphatic heterocycles. The van der Waals surface area contributed by atoms with Crippen molar-refractivity contribution in [2.75, 3.05) is 26.7 Å². The second-order valence-corrected chi connectivity index (χ2v) is 4.40. The van der Waals surface area contributed by atoms with Gasteiger partial charge < -0.3 is 10.1 Å². The van der Waals surface area contributed by atoms with Gasteiger partial charge in [0.15, 0.2) is 0 Å². The molecule has 3 heteroatoms. The minimum atomic E-state index is 0.587. The van der Waals surface area contributed by atoms with E-state index in [1.165, 1.54) is 5.56 Å². The van der Waals surface area contributed by atoms with E-state index in [1.807, 2.05) is 12.1 Å². The van der Waals surface area contributed by atoms with Gasteiger partial charge in [-0.05, 0) is 13.0 Å². The standard InChI is InChI=1S/C13H20N2O/c1-11-9-15(8-7-14-11)10-12-5-3-4-6-13(12)16-2/h3-6,11,14H,7-10H2,1-2H3/t11-/m0/s1. The average molecular weight is 220 g/mol. The van der Waals surface area contributed by atoms with E-state index in [-0.39, 0.29) is 0 Å². The van der Waals surface area contributed by atoms with Crippen LogP contribution in [0.2, 0.25) is 0 Å². The fourth-order valence-electron chi connectivity index (χ4n) is 2.23. The highest BCUT2D eigenvalue weighted by atomic mass is 16.5. The molecule has 1 atom stereocenters. The first-order valence-corrected chi connectivity index (χ1v) is 5.87. The maximum absolute atomic E-state index is 5.37. The Morgan fingerprint density at radius 1 is 1.44 bits per heavy atom. The Kier molecular flexibility index (Phi) is 3.80. The molecule has 1 aromatic rings. The number of methoxy groups -OCH3 is 1. The molecular formula is C13H20N2O. The molecule has 0 amide bonds. The van der Waals surface area contributed by atoms with Crippen molar-refractivity contribution in [3.05, 3.63) is 29.8 Å². The van der Waals surface area contributed by atoms with E-state index < -0.39 is 0 Å². The van der Waals surface area contributed by atoms with Gasteiger partial charge in [0.05, 0.1) is 7.11 Å². The van der Waals surface area contributed by atoms with Crippen LogP contribution < -0.4 is 10.1 Å². The number of ether oxygens (including phenoxy) is 1. The smallest absolute Gasteiger partial charge is 0.123 e. The van der Waals surface area contributed by atoms with Crippen LogP contribution in [0.1, 0.15) is 12.5 Å². The number of nitrogens with one attached hydrogen (secondary N) is 1. The molecule has 1 aromatic carbocycles. The molecule has 1 heterocycles. The Labute approximate surface area is 97.4 Å². The Hall–Kier alpha value is -1.06. The van der Waals surface area contributed by atoms with Crippen LogP contribution in [0.15, 0.2) is 24.3 Å². The van der Waals surface area contributed by atoms with E-state index in [0.717, 1.165) is 31.9 Å². The number of piperazine rings is 1. The number of benzene rings is 1. The Bertz CT molecular complexity index is 340. The zero-order chi connectivity index (χ0) is 11.4. The van der Waals surface area contributed by atoms with E-state index in [1.54, 1.807) is 7.11 Å². The zero-order valence-corrected chi connectivity index (χ0v) is 10.1. The van der Waals surface area contributed by atoms with Crippen LogP contribution in [-0.2, 0) is 6.54 Å². The third-order valence-electron chi connectivity index (χ3n) is 3.04. The molecule has 2 rings (SSSR count). The molecule has 1 aliphatic rings. The molecule has 0 radical (unpaired) electrons. The van der Waals surface area contributed by atoms with Gasteiger partial charge in [-0.1, -0.05) is 18.2 Å². The molecule has 0 aromatic heterocycles. The van der Waals surface area contributed by atoms with Gasteiger partial charge in [-0.2, -0.15) is 0 Å². The van der Waals surface area contributed by atoms with Crippen molar-refractivity contribution in [2.24, 2.45) is 0 Å². The van der Waals surface area contributed by atoms with Crippen molar-refractivity contribution in [1.82, 2.24) is 10.2 Å². The molecule has 0 saturated carbocycles. The summed E-state index contributed by atoms with van der Waals surface area (Å²) >= 11 is 0. The molecule has 0 unspecified atom stereocenters. The van der Waals surface area contributed by atoms with Gasteiger partial charge in [0.25, 0.3) is 0 Å². The lowest BCUT2D eigenvalue weighted by Crippen LogP contribution is -2.48. The topological polar surface area (TPSA) is 24.5 Å². The van der Waals surface area contributed by atoms with Crippen LogP contribution in [0, 0.1) is 0 Å². The molecule has 1 fully saturated rings. The quantitative estimate of drug-likeness (QED) is 0.835. The lowest BCUT2D eigenvalue weighted by molar-refractivity contribution is 0.197. The van der Waals surface area contributed by atoms with E-state index in [9.17, 15) is 0 Å². The summed E-state index contributed by atoms with van der Waals surface area (Å²) in [4.78, 5) is 2.47. The van der Waals surface area contributed by atoms with Gasteiger partial charge in [0.1, 0.15) is 5.75 Å². The third kappa shape index (κ3) is 2.74. The van der Waals surface area contributed by atoms with Crippen molar-refractivity contribution in [3.8, 4) is 5.75 Å². The second-order valence-electron chi connectivity index (χ2n) is 4.40. The van der Waals surface area contributed by atoms with Crippen molar-refractivity contribution in [2.45, 2.75) is 19.5 Å². The monoisotopic (exact) mass is 220 g/mol. The first kappa shape index (κ1) is 11.4. The first-order chi connectivity index (χ1) is 7.79. The third-order valence-corrected chi connectivity index (χ3v) is 3.04. The Balaban J connectivity index is 2.02. The second kappa shape index (κ2) is 5.32. The lowest BCUT2D eigenvalue weighted by Gasteiger charge is -2.32. The van der Waals surface area contributed by atoms with Crippen LogP contribution in [0.4, 0.5) is 0 Å². The molecule has 0 aliphatic carbocycles. The summed E-state index contributed by atoms with van der Waals surface area (Å²) in [5.41, 5.74) is 1.28. The SMILES string of the molecule is COc1ccccc1CN1CCN[C@@H](C)C1. The normalized spacial score (nSPS) is 22.0. The zero-order valence-electron chi connectivity index (χ0n) is 10.1. The van der Waals surface area contributed by atoms with Crippen molar-refractivity contribution >= 4 is 0 Å². The van der Waals surface area contributed by atoms with E-state index in [0.29, 0.717) is 6.04 Å². The van der Waals surface area contributed by atoms with Crippen molar-refractivity contribution in [1.29, 1.82) is 0 Å². The largest absolute Gasteiger partial charge is 0.496 e. The molecule has 88 valence electrons. The Morgan fingerprint density at radius 2 is 2.25 bits per heavy atom. The molecule has 0 bridgehead atoms. The van der Waals surface area contributed by atoms with Crippen LogP contribution in [0.3, 0.4) is 0 Å². The van der Waals surface area contributed by atoms with Crippen LogP contribution in [-0.4, -0.2) is 37.7 Å². The Morgan fingerprint density at radius 3 is 3.00 bits per heavy atom. The summed E-state index contributed by atoms with van der Waals surface area (Å²) in [5.74, 6) is 0.994. The number of nitrogens with zero attached hydrogens (tertiary/aromatic N) is 1. The highest BCUT2D eigenvalue weighted by Crippen LogP contribution is 2.19. The predicted octanol–water partition coefficient (Wildman–Crippen LogP) is 1.49. The summed E-state index contributed by atoms with van der Waals surface area (Å²) < 4.78 is 5.37. The number of hydrogen-bond donors (Lipinski definition) is 1. The highest BCUT2D eigenvalue weighted by Gasteiger charge is 2.16. The maximum atomic E-state index is 5.37. The van der Waals surface area contributed by atoms with Gasteiger partial charge in [-0.25, -0.2) is 0 Å². The summed E-state index contributed by atoms with van der Waals surface area (Å²) in [5, 5.41) is 3.45. The van der Waals surface area contributed by atoms with Crippen molar-refractivity contribution in [3.63, 3.8) is 0 Å². The number of para-hydroxylation sites is 1. The lowest BCUT2D eigenvalue weighted by atomic mass is 10.1. The summed E-state index contributed by atoms with van der Waals surface area (Å²) in [6, 6.07) is 8.85. The van der Waals surface area contributed by atoms with Gasteiger partial charge in [0.2, 0.25) is 0 Å². The number of rotatable bonds is 3. The van der Waals surface area contributed by atoms with Gasteiger partial charge in [-0.15, -0.1) is 0 Å². The predicted molar refractivity (Wildman–Crippen MR) is 65.7 cm³/mol. The van der Waals surface area contributed by atoms with E-state index >= 15 is 0 Å². The summed E-state index contributed by atoms with van der Waals surface area (Å²) in [6.45, 7) is 6.52. The van der Waals surface area contributed by atoms with Crippen LogP contribution in [0.5, 0.6) is 5.75 Å². The highest BCUT2D eigenvalue weighted by molar-refractivity contribution is 5.33.